The third kappa shape index (κ3) is 6.92. The first-order valence-corrected chi connectivity index (χ1v) is 12.9. The number of fused-ring (bicyclic) bond motifs is 1. The molecule has 0 radical (unpaired) electrons. The SMILES string of the molecule is COc1ccc(Cn2ncc(N[C@@H](C)CC(F)(F)Cn3ccc4cc(Br)c(F)cc4c3=O)c(C(F)(F)F)c2=O)cc1. The zero-order valence-corrected chi connectivity index (χ0v) is 23.2. The van der Waals surface area contributed by atoms with Gasteiger partial charge in [0.1, 0.15) is 17.1 Å². The first kappa shape index (κ1) is 30.2. The lowest BCUT2D eigenvalue weighted by Crippen LogP contribution is -2.37. The van der Waals surface area contributed by atoms with Crippen molar-refractivity contribution in [1.29, 1.82) is 0 Å². The van der Waals surface area contributed by atoms with Crippen molar-refractivity contribution in [2.75, 3.05) is 12.4 Å². The van der Waals surface area contributed by atoms with Gasteiger partial charge >= 0.3 is 6.18 Å². The van der Waals surface area contributed by atoms with Crippen LogP contribution in [0.15, 0.2) is 68.9 Å². The Bertz CT molecular complexity index is 1690. The number of hydrogen-bond donors (Lipinski definition) is 1. The summed E-state index contributed by atoms with van der Waals surface area (Å²) in [5, 5.41) is 6.37. The number of benzene rings is 2. The van der Waals surface area contributed by atoms with E-state index in [-0.39, 0.29) is 16.4 Å². The van der Waals surface area contributed by atoms with E-state index in [2.05, 4.69) is 26.3 Å². The number of halogens is 7. The first-order chi connectivity index (χ1) is 19.2. The van der Waals surface area contributed by atoms with Crippen molar-refractivity contribution in [3.8, 4) is 5.75 Å². The highest BCUT2D eigenvalue weighted by molar-refractivity contribution is 9.10. The van der Waals surface area contributed by atoms with Crippen LogP contribution in [0, 0.1) is 5.82 Å². The van der Waals surface area contributed by atoms with E-state index < -0.39 is 59.3 Å². The lowest BCUT2D eigenvalue weighted by atomic mass is 10.1. The van der Waals surface area contributed by atoms with Gasteiger partial charge in [-0.2, -0.15) is 18.3 Å². The fourth-order valence-electron chi connectivity index (χ4n) is 4.37. The molecule has 0 aliphatic carbocycles. The van der Waals surface area contributed by atoms with Gasteiger partial charge in [0.15, 0.2) is 0 Å². The molecule has 0 aliphatic heterocycles. The maximum atomic E-state index is 15.0. The maximum absolute atomic E-state index is 15.0. The summed E-state index contributed by atoms with van der Waals surface area (Å²) in [6, 6.07) is 8.66. The van der Waals surface area contributed by atoms with Crippen molar-refractivity contribution < 1.29 is 31.1 Å². The molecular weight excluding hydrogens is 622 g/mol. The van der Waals surface area contributed by atoms with Crippen LogP contribution in [0.1, 0.15) is 24.5 Å². The van der Waals surface area contributed by atoms with Gasteiger partial charge in [0, 0.05) is 18.7 Å². The van der Waals surface area contributed by atoms with E-state index in [0.29, 0.717) is 25.9 Å². The van der Waals surface area contributed by atoms with Gasteiger partial charge < -0.3 is 14.6 Å². The smallest absolute Gasteiger partial charge is 0.423 e. The fourth-order valence-corrected chi connectivity index (χ4v) is 4.73. The highest BCUT2D eigenvalue weighted by Gasteiger charge is 2.39. The van der Waals surface area contributed by atoms with Crippen molar-refractivity contribution in [3.05, 3.63) is 97.0 Å². The number of nitrogens with one attached hydrogen (secondary N) is 1. The molecule has 1 atom stereocenters. The Balaban J connectivity index is 1.54. The number of aromatic nitrogens is 3. The third-order valence-corrected chi connectivity index (χ3v) is 6.85. The highest BCUT2D eigenvalue weighted by Crippen LogP contribution is 2.33. The molecule has 0 saturated heterocycles. The molecule has 0 bridgehead atoms. The Labute approximate surface area is 237 Å². The molecular formula is C27H23BrF6N4O3. The number of anilines is 1. The summed E-state index contributed by atoms with van der Waals surface area (Å²) in [6.07, 6.45) is -4.19. The van der Waals surface area contributed by atoms with Crippen LogP contribution in [0.2, 0.25) is 0 Å². The van der Waals surface area contributed by atoms with Crippen molar-refractivity contribution in [2.45, 2.75) is 44.6 Å². The molecule has 2 aromatic carbocycles. The summed E-state index contributed by atoms with van der Waals surface area (Å²) in [5.74, 6) is -3.78. The predicted molar refractivity (Wildman–Crippen MR) is 144 cm³/mol. The van der Waals surface area contributed by atoms with E-state index in [9.17, 15) is 35.9 Å². The summed E-state index contributed by atoms with van der Waals surface area (Å²) in [7, 11) is 1.45. The molecule has 2 heterocycles. The molecule has 4 rings (SSSR count). The highest BCUT2D eigenvalue weighted by atomic mass is 79.9. The van der Waals surface area contributed by atoms with E-state index in [1.54, 1.807) is 24.3 Å². The lowest BCUT2D eigenvalue weighted by Gasteiger charge is -2.24. The molecule has 0 saturated carbocycles. The standard InChI is InChI=1S/C27H23BrF6N4O3/c1-15(11-26(30,31)14-37-8-7-17-9-20(28)21(29)10-19(17)24(37)39)36-22-12-35-38(25(40)23(22)27(32,33)34)13-16-3-5-18(41-2)6-4-16/h3-10,12,15,36H,11,13-14H2,1-2H3/t15-/m0/s1. The molecule has 0 amide bonds. The molecule has 218 valence electrons. The quantitative estimate of drug-likeness (QED) is 0.224. The number of methoxy groups -OCH3 is 1. The van der Waals surface area contributed by atoms with Crippen LogP contribution >= 0.6 is 15.9 Å². The molecule has 41 heavy (non-hydrogen) atoms. The van der Waals surface area contributed by atoms with Crippen molar-refractivity contribution >= 4 is 32.4 Å². The molecule has 0 aliphatic rings. The number of rotatable bonds is 9. The molecule has 2 aromatic heterocycles. The Morgan fingerprint density at radius 2 is 1.73 bits per heavy atom. The van der Waals surface area contributed by atoms with E-state index in [4.69, 9.17) is 4.74 Å². The second kappa shape index (κ2) is 11.6. The Hall–Kier alpha value is -3.81. The van der Waals surface area contributed by atoms with Crippen LogP contribution in [0.4, 0.5) is 32.0 Å². The molecule has 0 spiro atoms. The molecule has 1 N–H and O–H groups in total. The monoisotopic (exact) mass is 644 g/mol. The van der Waals surface area contributed by atoms with Crippen molar-refractivity contribution in [2.24, 2.45) is 0 Å². The number of pyridine rings is 1. The number of ether oxygens (including phenoxy) is 1. The van der Waals surface area contributed by atoms with E-state index >= 15 is 0 Å². The van der Waals surface area contributed by atoms with Crippen LogP contribution in [0.5, 0.6) is 5.75 Å². The Kier molecular flexibility index (Phi) is 8.52. The predicted octanol–water partition coefficient (Wildman–Crippen LogP) is 6.06. The normalized spacial score (nSPS) is 12.9. The van der Waals surface area contributed by atoms with Crippen molar-refractivity contribution in [1.82, 2.24) is 14.3 Å². The number of hydrogen-bond acceptors (Lipinski definition) is 5. The summed E-state index contributed by atoms with van der Waals surface area (Å²) in [6.45, 7) is -0.145. The maximum Gasteiger partial charge on any atom is 0.423 e. The molecule has 7 nitrogen and oxygen atoms in total. The van der Waals surface area contributed by atoms with Crippen LogP contribution in [-0.2, 0) is 19.3 Å². The average molecular weight is 645 g/mol. The Morgan fingerprint density at radius 1 is 1.05 bits per heavy atom. The minimum atomic E-state index is -5.10. The lowest BCUT2D eigenvalue weighted by molar-refractivity contribution is -0.138. The van der Waals surface area contributed by atoms with Gasteiger partial charge in [0.2, 0.25) is 0 Å². The summed E-state index contributed by atoms with van der Waals surface area (Å²) < 4.78 is 92.1. The van der Waals surface area contributed by atoms with E-state index in [0.717, 1.165) is 18.5 Å². The zero-order chi connectivity index (χ0) is 30.1. The molecule has 0 fully saturated rings. The van der Waals surface area contributed by atoms with E-state index in [1.807, 2.05) is 0 Å². The largest absolute Gasteiger partial charge is 0.497 e. The van der Waals surface area contributed by atoms with Gasteiger partial charge in [0.25, 0.3) is 17.0 Å². The second-order valence-corrected chi connectivity index (χ2v) is 10.3. The first-order valence-electron chi connectivity index (χ1n) is 12.1. The summed E-state index contributed by atoms with van der Waals surface area (Å²) in [5.41, 5.74) is -4.13. The second-order valence-electron chi connectivity index (χ2n) is 9.45. The van der Waals surface area contributed by atoms with Gasteiger partial charge in [0.05, 0.1) is 41.9 Å². The van der Waals surface area contributed by atoms with Gasteiger partial charge in [-0.15, -0.1) is 0 Å². The molecule has 0 unspecified atom stereocenters. The van der Waals surface area contributed by atoms with Gasteiger partial charge in [-0.3, -0.25) is 9.59 Å². The van der Waals surface area contributed by atoms with Crippen LogP contribution in [-0.4, -0.2) is 33.4 Å². The topological polar surface area (TPSA) is 78.2 Å². The third-order valence-electron chi connectivity index (χ3n) is 6.24. The van der Waals surface area contributed by atoms with Crippen LogP contribution in [0.25, 0.3) is 10.8 Å². The number of nitrogens with zero attached hydrogens (tertiary/aromatic N) is 3. The molecule has 14 heteroatoms. The van der Waals surface area contributed by atoms with Gasteiger partial charge in [-0.25, -0.2) is 17.9 Å². The van der Waals surface area contributed by atoms with Crippen LogP contribution in [0.3, 0.4) is 0 Å². The molecule has 4 aromatic rings. The minimum absolute atomic E-state index is 0.105. The van der Waals surface area contributed by atoms with E-state index in [1.165, 1.54) is 26.2 Å². The Morgan fingerprint density at radius 3 is 2.37 bits per heavy atom. The minimum Gasteiger partial charge on any atom is -0.497 e. The van der Waals surface area contributed by atoms with Crippen LogP contribution < -0.4 is 21.2 Å². The fraction of sp³-hybridized carbons (Fsp3) is 0.296. The van der Waals surface area contributed by atoms with Gasteiger partial charge in [-0.05, 0) is 64.1 Å². The number of alkyl halides is 5. The zero-order valence-electron chi connectivity index (χ0n) is 21.6. The summed E-state index contributed by atoms with van der Waals surface area (Å²) in [4.78, 5) is 25.5. The van der Waals surface area contributed by atoms with Crippen molar-refractivity contribution in [3.63, 3.8) is 0 Å². The van der Waals surface area contributed by atoms with Gasteiger partial charge in [-0.1, -0.05) is 12.1 Å². The average Bonchev–Trinajstić information content (AvgIpc) is 2.88. The summed E-state index contributed by atoms with van der Waals surface area (Å²) >= 11 is 3.00.